The van der Waals surface area contributed by atoms with Crippen LogP contribution >= 0.6 is 27.5 Å². The van der Waals surface area contributed by atoms with Crippen LogP contribution in [0, 0.1) is 0 Å². The van der Waals surface area contributed by atoms with Crippen molar-refractivity contribution in [3.8, 4) is 0 Å². The van der Waals surface area contributed by atoms with Crippen molar-refractivity contribution in [2.75, 3.05) is 5.32 Å². The maximum atomic E-state index is 12.4. The van der Waals surface area contributed by atoms with Gasteiger partial charge in [-0.25, -0.2) is 0 Å². The van der Waals surface area contributed by atoms with Gasteiger partial charge in [-0.15, -0.1) is 0 Å². The summed E-state index contributed by atoms with van der Waals surface area (Å²) in [6.07, 6.45) is 0. The average Bonchev–Trinajstić information content (AvgIpc) is 2.69. The number of amides is 1. The van der Waals surface area contributed by atoms with E-state index in [9.17, 15) is 14.4 Å². The van der Waals surface area contributed by atoms with Gasteiger partial charge in [0, 0.05) is 21.2 Å². The van der Waals surface area contributed by atoms with E-state index in [-0.39, 0.29) is 11.5 Å². The summed E-state index contributed by atoms with van der Waals surface area (Å²) >= 11 is 9.39. The number of ketones is 2. The molecule has 1 N–H and O–H groups in total. The van der Waals surface area contributed by atoms with Gasteiger partial charge in [-0.3, -0.25) is 14.4 Å². The third-order valence-electron chi connectivity index (χ3n) is 3.83. The largest absolute Gasteiger partial charge is 0.321 e. The number of nitrogens with one attached hydrogen (secondary N) is 1. The summed E-state index contributed by atoms with van der Waals surface area (Å²) in [6, 6.07) is 19.4. The van der Waals surface area contributed by atoms with Crippen LogP contribution in [0.15, 0.2) is 77.3 Å². The monoisotopic (exact) mass is 441 g/mol. The fraction of sp³-hybridized carbons (Fsp3) is 0. The van der Waals surface area contributed by atoms with Crippen molar-refractivity contribution in [2.24, 2.45) is 0 Å². The zero-order valence-corrected chi connectivity index (χ0v) is 16.3. The zero-order valence-electron chi connectivity index (χ0n) is 13.9. The lowest BCUT2D eigenvalue weighted by molar-refractivity contribution is 0.0817. The van der Waals surface area contributed by atoms with Gasteiger partial charge in [0.25, 0.3) is 5.91 Å². The van der Waals surface area contributed by atoms with Crippen LogP contribution in [0.4, 0.5) is 5.69 Å². The molecule has 6 heteroatoms. The minimum Gasteiger partial charge on any atom is -0.321 e. The topological polar surface area (TPSA) is 63.2 Å². The molecule has 0 unspecified atom stereocenters. The standard InChI is InChI=1S/C21H13BrClNO3/c22-16-10-11-18(17(23)12-16)24-21(27)15-8-6-14(7-9-15)20(26)19(25)13-4-2-1-3-5-13/h1-12H,(H,24,27). The number of Topliss-reactive ketones (excluding diaryl/α,β-unsaturated/α-hetero) is 2. The second-order valence-electron chi connectivity index (χ2n) is 5.68. The van der Waals surface area contributed by atoms with Crippen LogP contribution in [0.25, 0.3) is 0 Å². The third kappa shape index (κ3) is 4.51. The average molecular weight is 443 g/mol. The molecule has 0 aliphatic heterocycles. The molecule has 0 aliphatic rings. The summed E-state index contributed by atoms with van der Waals surface area (Å²) in [5.41, 5.74) is 1.37. The quantitative estimate of drug-likeness (QED) is 0.424. The van der Waals surface area contributed by atoms with Gasteiger partial charge in [-0.2, -0.15) is 0 Å². The summed E-state index contributed by atoms with van der Waals surface area (Å²) in [5, 5.41) is 3.11. The van der Waals surface area contributed by atoms with Crippen molar-refractivity contribution in [1.82, 2.24) is 0 Å². The molecular weight excluding hydrogens is 430 g/mol. The van der Waals surface area contributed by atoms with Crippen LogP contribution in [0.5, 0.6) is 0 Å². The van der Waals surface area contributed by atoms with Crippen molar-refractivity contribution in [2.45, 2.75) is 0 Å². The van der Waals surface area contributed by atoms with E-state index < -0.39 is 11.6 Å². The van der Waals surface area contributed by atoms with Crippen molar-refractivity contribution >= 4 is 50.7 Å². The molecule has 3 aromatic rings. The van der Waals surface area contributed by atoms with Gasteiger partial charge in [0.2, 0.25) is 11.6 Å². The molecule has 0 aliphatic carbocycles. The van der Waals surface area contributed by atoms with Gasteiger partial charge < -0.3 is 5.32 Å². The van der Waals surface area contributed by atoms with Crippen LogP contribution < -0.4 is 5.32 Å². The summed E-state index contributed by atoms with van der Waals surface area (Å²) < 4.78 is 0.802. The molecule has 0 heterocycles. The zero-order chi connectivity index (χ0) is 19.4. The second-order valence-corrected chi connectivity index (χ2v) is 7.00. The minimum absolute atomic E-state index is 0.224. The molecule has 0 saturated heterocycles. The molecule has 4 nitrogen and oxygen atoms in total. The number of hydrogen-bond donors (Lipinski definition) is 1. The molecule has 0 bridgehead atoms. The number of anilines is 1. The first-order valence-electron chi connectivity index (χ1n) is 7.96. The van der Waals surface area contributed by atoms with Crippen molar-refractivity contribution in [3.05, 3.63) is 99.0 Å². The minimum atomic E-state index is -0.621. The van der Waals surface area contributed by atoms with Crippen LogP contribution in [0.2, 0.25) is 5.02 Å². The van der Waals surface area contributed by atoms with Crippen molar-refractivity contribution in [3.63, 3.8) is 0 Å². The number of carbonyl (C=O) groups is 3. The molecule has 1 amide bonds. The Kier molecular flexibility index (Phi) is 5.84. The van der Waals surface area contributed by atoms with Crippen LogP contribution in [0.1, 0.15) is 31.1 Å². The molecule has 3 rings (SSSR count). The maximum absolute atomic E-state index is 12.4. The normalized spacial score (nSPS) is 10.3. The molecule has 0 atom stereocenters. The van der Waals surface area contributed by atoms with Gasteiger partial charge >= 0.3 is 0 Å². The lowest BCUT2D eigenvalue weighted by Crippen LogP contribution is -2.15. The van der Waals surface area contributed by atoms with E-state index in [1.165, 1.54) is 24.3 Å². The highest BCUT2D eigenvalue weighted by atomic mass is 79.9. The second kappa shape index (κ2) is 8.29. The molecule has 0 spiro atoms. The van der Waals surface area contributed by atoms with E-state index in [2.05, 4.69) is 21.2 Å². The fourth-order valence-electron chi connectivity index (χ4n) is 2.41. The SMILES string of the molecule is O=C(Nc1ccc(Br)cc1Cl)c1ccc(C(=O)C(=O)c2ccccc2)cc1. The predicted octanol–water partition coefficient (Wildman–Crippen LogP) is 5.42. The fourth-order valence-corrected chi connectivity index (χ4v) is 3.13. The number of benzene rings is 3. The van der Waals surface area contributed by atoms with E-state index in [4.69, 9.17) is 11.6 Å². The molecule has 134 valence electrons. The lowest BCUT2D eigenvalue weighted by Gasteiger charge is -2.08. The van der Waals surface area contributed by atoms with E-state index in [1.807, 2.05) is 0 Å². The van der Waals surface area contributed by atoms with Gasteiger partial charge in [-0.1, -0.05) is 70.0 Å². The predicted molar refractivity (Wildman–Crippen MR) is 109 cm³/mol. The first-order valence-corrected chi connectivity index (χ1v) is 9.13. The summed E-state index contributed by atoms with van der Waals surface area (Å²) in [4.78, 5) is 36.9. The first-order chi connectivity index (χ1) is 13.0. The van der Waals surface area contributed by atoms with E-state index in [1.54, 1.807) is 48.5 Å². The Morgan fingerprint density at radius 3 is 1.89 bits per heavy atom. The van der Waals surface area contributed by atoms with Gasteiger partial charge in [0.1, 0.15) is 0 Å². The summed E-state index contributed by atoms with van der Waals surface area (Å²) in [5.74, 6) is -1.58. The van der Waals surface area contributed by atoms with Crippen LogP contribution in [0.3, 0.4) is 0 Å². The highest BCUT2D eigenvalue weighted by molar-refractivity contribution is 9.10. The Balaban J connectivity index is 1.73. The van der Waals surface area contributed by atoms with Crippen LogP contribution in [-0.2, 0) is 0 Å². The Labute approximate surface area is 169 Å². The van der Waals surface area contributed by atoms with Crippen molar-refractivity contribution < 1.29 is 14.4 Å². The molecular formula is C21H13BrClNO3. The number of halogens is 2. The summed E-state index contributed by atoms with van der Waals surface area (Å²) in [6.45, 7) is 0. The first kappa shape index (κ1) is 19.0. The Morgan fingerprint density at radius 2 is 1.30 bits per heavy atom. The highest BCUT2D eigenvalue weighted by Crippen LogP contribution is 2.26. The number of rotatable bonds is 5. The Bertz CT molecular complexity index is 1020. The maximum Gasteiger partial charge on any atom is 0.255 e. The number of hydrogen-bond acceptors (Lipinski definition) is 3. The molecule has 0 radical (unpaired) electrons. The number of carbonyl (C=O) groups excluding carboxylic acids is 3. The lowest BCUT2D eigenvalue weighted by atomic mass is 10.0. The van der Waals surface area contributed by atoms with E-state index in [0.717, 1.165) is 4.47 Å². The van der Waals surface area contributed by atoms with Crippen LogP contribution in [-0.4, -0.2) is 17.5 Å². The highest BCUT2D eigenvalue weighted by Gasteiger charge is 2.18. The van der Waals surface area contributed by atoms with E-state index in [0.29, 0.717) is 21.8 Å². The Morgan fingerprint density at radius 1 is 0.741 bits per heavy atom. The molecule has 3 aromatic carbocycles. The third-order valence-corrected chi connectivity index (χ3v) is 4.64. The molecule has 0 saturated carbocycles. The molecule has 0 fully saturated rings. The van der Waals surface area contributed by atoms with Gasteiger partial charge in [0.15, 0.2) is 0 Å². The van der Waals surface area contributed by atoms with Crippen molar-refractivity contribution in [1.29, 1.82) is 0 Å². The molecule has 27 heavy (non-hydrogen) atoms. The smallest absolute Gasteiger partial charge is 0.255 e. The van der Waals surface area contributed by atoms with Gasteiger partial charge in [-0.05, 0) is 30.3 Å². The Hall–Kier alpha value is -2.76. The molecule has 0 aromatic heterocycles. The van der Waals surface area contributed by atoms with E-state index >= 15 is 0 Å². The summed E-state index contributed by atoms with van der Waals surface area (Å²) in [7, 11) is 0. The van der Waals surface area contributed by atoms with Gasteiger partial charge in [0.05, 0.1) is 10.7 Å².